The molecule has 2 rings (SSSR count). The van der Waals surface area contributed by atoms with E-state index in [2.05, 4.69) is 9.97 Å². The normalized spacial score (nSPS) is 10.2. The van der Waals surface area contributed by atoms with Gasteiger partial charge in [0.25, 0.3) is 0 Å². The third-order valence-electron chi connectivity index (χ3n) is 2.12. The van der Waals surface area contributed by atoms with Crippen LogP contribution in [0.5, 0.6) is 0 Å². The van der Waals surface area contributed by atoms with E-state index < -0.39 is 17.5 Å². The Morgan fingerprint density at radius 1 is 1.29 bits per heavy atom. The molecule has 0 unspecified atom stereocenters. The van der Waals surface area contributed by atoms with Gasteiger partial charge >= 0.3 is 5.97 Å². The molecule has 1 aromatic carbocycles. The third-order valence-corrected chi connectivity index (χ3v) is 2.45. The summed E-state index contributed by atoms with van der Waals surface area (Å²) in [6.07, 6.45) is 0.991. The van der Waals surface area contributed by atoms with Gasteiger partial charge in [-0.05, 0) is 6.07 Å². The molecule has 4 nitrogen and oxygen atoms in total. The van der Waals surface area contributed by atoms with E-state index in [0.717, 1.165) is 6.33 Å². The fraction of sp³-hybridized carbons (Fsp3) is 0. The monoisotopic (exact) mass is 252 g/mol. The van der Waals surface area contributed by atoms with Crippen LogP contribution in [0.2, 0.25) is 5.02 Å². The second kappa shape index (κ2) is 4.47. The fourth-order valence-corrected chi connectivity index (χ4v) is 1.59. The summed E-state index contributed by atoms with van der Waals surface area (Å²) in [6.45, 7) is 0. The van der Waals surface area contributed by atoms with E-state index in [-0.39, 0.29) is 5.69 Å². The highest BCUT2D eigenvalue weighted by atomic mass is 35.5. The van der Waals surface area contributed by atoms with Crippen molar-refractivity contribution in [1.82, 2.24) is 9.97 Å². The Hall–Kier alpha value is -2.01. The molecule has 0 spiro atoms. The first-order valence-electron chi connectivity index (χ1n) is 4.60. The van der Waals surface area contributed by atoms with Crippen LogP contribution in [0, 0.1) is 5.82 Å². The van der Waals surface area contributed by atoms with Crippen LogP contribution in [0.25, 0.3) is 11.3 Å². The highest BCUT2D eigenvalue weighted by Crippen LogP contribution is 2.28. The van der Waals surface area contributed by atoms with Gasteiger partial charge in [-0.1, -0.05) is 29.8 Å². The highest BCUT2D eigenvalue weighted by molar-refractivity contribution is 6.33. The largest absolute Gasteiger partial charge is 0.476 e. The van der Waals surface area contributed by atoms with Crippen molar-refractivity contribution in [1.29, 1.82) is 0 Å². The molecule has 2 aromatic rings. The molecule has 0 saturated heterocycles. The summed E-state index contributed by atoms with van der Waals surface area (Å²) in [5.41, 5.74) is -0.463. The average Bonchev–Trinajstić information content (AvgIpc) is 2.30. The molecule has 0 aliphatic heterocycles. The van der Waals surface area contributed by atoms with E-state index in [9.17, 15) is 9.18 Å². The smallest absolute Gasteiger partial charge is 0.357 e. The number of carbonyl (C=O) groups is 1. The summed E-state index contributed by atoms with van der Waals surface area (Å²) >= 11 is 5.89. The van der Waals surface area contributed by atoms with E-state index in [1.165, 1.54) is 0 Å². The van der Waals surface area contributed by atoms with Crippen LogP contribution in [0.4, 0.5) is 4.39 Å². The summed E-state index contributed by atoms with van der Waals surface area (Å²) in [6, 6.07) is 6.46. The maximum atomic E-state index is 13.8. The first kappa shape index (κ1) is 11.5. The van der Waals surface area contributed by atoms with Crippen molar-refractivity contribution < 1.29 is 14.3 Å². The maximum Gasteiger partial charge on any atom is 0.357 e. The van der Waals surface area contributed by atoms with Crippen molar-refractivity contribution >= 4 is 17.6 Å². The van der Waals surface area contributed by atoms with E-state index in [1.807, 2.05) is 0 Å². The first-order valence-corrected chi connectivity index (χ1v) is 4.97. The van der Waals surface area contributed by atoms with Gasteiger partial charge in [-0.2, -0.15) is 0 Å². The number of aromatic carboxylic acids is 1. The molecule has 0 aliphatic rings. The number of aromatic nitrogens is 2. The molecular formula is C11H6ClFN2O2. The number of rotatable bonds is 2. The van der Waals surface area contributed by atoms with Crippen molar-refractivity contribution in [3.8, 4) is 11.3 Å². The minimum atomic E-state index is -1.45. The van der Waals surface area contributed by atoms with Crippen LogP contribution in [-0.2, 0) is 0 Å². The number of benzene rings is 1. The van der Waals surface area contributed by atoms with Crippen LogP contribution in [0.1, 0.15) is 10.5 Å². The van der Waals surface area contributed by atoms with Gasteiger partial charge in [0, 0.05) is 5.56 Å². The summed E-state index contributed by atoms with van der Waals surface area (Å²) in [5, 5.41) is 9.04. The predicted molar refractivity (Wildman–Crippen MR) is 59.4 cm³/mol. The van der Waals surface area contributed by atoms with Crippen molar-refractivity contribution in [2.75, 3.05) is 0 Å². The van der Waals surface area contributed by atoms with Gasteiger partial charge in [0.15, 0.2) is 11.5 Å². The second-order valence-electron chi connectivity index (χ2n) is 3.17. The van der Waals surface area contributed by atoms with Crippen molar-refractivity contribution in [3.63, 3.8) is 0 Å². The van der Waals surface area contributed by atoms with Gasteiger partial charge < -0.3 is 5.11 Å². The predicted octanol–water partition coefficient (Wildman–Crippen LogP) is 2.63. The lowest BCUT2D eigenvalue weighted by Gasteiger charge is -2.05. The molecule has 0 radical (unpaired) electrons. The van der Waals surface area contributed by atoms with E-state index in [4.69, 9.17) is 16.7 Å². The Labute approximate surface area is 101 Å². The third kappa shape index (κ3) is 2.09. The van der Waals surface area contributed by atoms with E-state index >= 15 is 0 Å². The van der Waals surface area contributed by atoms with Crippen LogP contribution in [0.15, 0.2) is 30.6 Å². The van der Waals surface area contributed by atoms with Crippen molar-refractivity contribution in [2.45, 2.75) is 0 Å². The lowest BCUT2D eigenvalue weighted by Crippen LogP contribution is -2.06. The van der Waals surface area contributed by atoms with Crippen LogP contribution in [-0.4, -0.2) is 21.0 Å². The van der Waals surface area contributed by atoms with Gasteiger partial charge in [-0.25, -0.2) is 19.2 Å². The summed E-state index contributed by atoms with van der Waals surface area (Å²) < 4.78 is 13.8. The summed E-state index contributed by atoms with van der Waals surface area (Å²) in [4.78, 5) is 17.8. The molecule has 0 amide bonds. The highest BCUT2D eigenvalue weighted by Gasteiger charge is 2.19. The summed E-state index contributed by atoms with van der Waals surface area (Å²) in [7, 11) is 0. The molecule has 0 fully saturated rings. The number of carboxylic acid groups (broad SMARTS) is 1. The Bertz CT molecular complexity index is 589. The minimum Gasteiger partial charge on any atom is -0.476 e. The van der Waals surface area contributed by atoms with Crippen LogP contribution in [0.3, 0.4) is 0 Å². The molecule has 0 saturated carbocycles. The van der Waals surface area contributed by atoms with E-state index in [1.54, 1.807) is 24.3 Å². The van der Waals surface area contributed by atoms with Gasteiger partial charge in [0.1, 0.15) is 12.0 Å². The Kier molecular flexibility index (Phi) is 3.01. The minimum absolute atomic E-state index is 0.122. The zero-order chi connectivity index (χ0) is 12.4. The van der Waals surface area contributed by atoms with Crippen molar-refractivity contribution in [2.24, 2.45) is 0 Å². The Morgan fingerprint density at radius 2 is 2.00 bits per heavy atom. The summed E-state index contributed by atoms with van der Waals surface area (Å²) in [5.74, 6) is -2.44. The zero-order valence-electron chi connectivity index (χ0n) is 8.39. The molecule has 1 aromatic heterocycles. The second-order valence-corrected chi connectivity index (χ2v) is 3.58. The molecule has 0 bridgehead atoms. The van der Waals surface area contributed by atoms with Crippen LogP contribution < -0.4 is 0 Å². The lowest BCUT2D eigenvalue weighted by atomic mass is 10.1. The quantitative estimate of drug-likeness (QED) is 0.892. The molecule has 1 N–H and O–H groups in total. The van der Waals surface area contributed by atoms with Gasteiger partial charge in [-0.15, -0.1) is 0 Å². The standard InChI is InChI=1S/C11H6ClFN2O2/c12-7-4-2-1-3-6(7)9-8(13)10(11(16)17)15-5-14-9/h1-5H,(H,16,17). The Morgan fingerprint density at radius 3 is 2.65 bits per heavy atom. The Balaban J connectivity index is 2.65. The molecular weight excluding hydrogens is 247 g/mol. The molecule has 0 atom stereocenters. The fourth-order valence-electron chi connectivity index (χ4n) is 1.36. The number of halogens is 2. The topological polar surface area (TPSA) is 63.1 Å². The number of hydrogen-bond acceptors (Lipinski definition) is 3. The molecule has 86 valence electrons. The molecule has 17 heavy (non-hydrogen) atoms. The average molecular weight is 253 g/mol. The number of hydrogen-bond donors (Lipinski definition) is 1. The molecule has 1 heterocycles. The molecule has 0 aliphatic carbocycles. The number of carboxylic acids is 1. The molecule has 6 heteroatoms. The number of nitrogens with zero attached hydrogens (tertiary/aromatic N) is 2. The SMILES string of the molecule is O=C(O)c1ncnc(-c2ccccc2Cl)c1F. The lowest BCUT2D eigenvalue weighted by molar-refractivity contribution is 0.0684. The van der Waals surface area contributed by atoms with Crippen molar-refractivity contribution in [3.05, 3.63) is 47.1 Å². The zero-order valence-corrected chi connectivity index (χ0v) is 9.15. The van der Waals surface area contributed by atoms with Gasteiger partial charge in [0.05, 0.1) is 5.02 Å². The first-order chi connectivity index (χ1) is 8.11. The van der Waals surface area contributed by atoms with Crippen LogP contribution >= 0.6 is 11.6 Å². The van der Waals surface area contributed by atoms with Gasteiger partial charge in [0.2, 0.25) is 0 Å². The van der Waals surface area contributed by atoms with Gasteiger partial charge in [-0.3, -0.25) is 0 Å². The maximum absolute atomic E-state index is 13.8. The van der Waals surface area contributed by atoms with E-state index in [0.29, 0.717) is 10.6 Å².